The second-order valence-electron chi connectivity index (χ2n) is 6.88. The van der Waals surface area contributed by atoms with Crippen molar-refractivity contribution in [3.05, 3.63) is 70.3 Å². The third-order valence-corrected chi connectivity index (χ3v) is 5.14. The van der Waals surface area contributed by atoms with Crippen LogP contribution in [0.15, 0.2) is 47.6 Å². The normalized spacial score (nSPS) is 21.9. The Labute approximate surface area is 142 Å². The van der Waals surface area contributed by atoms with E-state index < -0.39 is 0 Å². The molecule has 2 aromatic rings. The maximum absolute atomic E-state index is 7.99. The summed E-state index contributed by atoms with van der Waals surface area (Å²) in [6.07, 6.45) is 2.09. The molecule has 4 heteroatoms. The number of benzene rings is 2. The van der Waals surface area contributed by atoms with Gasteiger partial charge in [-0.05, 0) is 43.9 Å². The van der Waals surface area contributed by atoms with Gasteiger partial charge in [0.15, 0.2) is 0 Å². The maximum Gasteiger partial charge on any atom is 0.209 e. The molecule has 0 saturated carbocycles. The Hall–Kier alpha value is -2.62. The van der Waals surface area contributed by atoms with Gasteiger partial charge >= 0.3 is 0 Å². The van der Waals surface area contributed by atoms with Gasteiger partial charge in [-0.1, -0.05) is 47.5 Å². The smallest absolute Gasteiger partial charge is 0.209 e. The van der Waals surface area contributed by atoms with Crippen molar-refractivity contribution in [2.24, 2.45) is 16.8 Å². The molecule has 1 aliphatic heterocycles. The molecular weight excluding hydrogens is 296 g/mol. The summed E-state index contributed by atoms with van der Waals surface area (Å²) in [5.41, 5.74) is 13.2. The van der Waals surface area contributed by atoms with E-state index in [0.29, 0.717) is 0 Å². The van der Waals surface area contributed by atoms with Gasteiger partial charge in [-0.3, -0.25) is 5.41 Å². The molecule has 3 N–H and O–H groups in total. The molecule has 0 bridgehead atoms. The molecule has 0 aromatic heterocycles. The summed E-state index contributed by atoms with van der Waals surface area (Å²) in [4.78, 5) is 0. The Morgan fingerprint density at radius 1 is 1.12 bits per heavy atom. The number of nitrogens with zero attached hydrogens (tertiary/aromatic N) is 2. The molecule has 122 valence electrons. The van der Waals surface area contributed by atoms with E-state index >= 15 is 0 Å². The van der Waals surface area contributed by atoms with Crippen molar-refractivity contribution in [2.75, 3.05) is 0 Å². The number of hydrogen-bond donors (Lipinski definition) is 2. The van der Waals surface area contributed by atoms with Crippen LogP contribution < -0.4 is 5.73 Å². The number of nitrogens with one attached hydrogen (secondary N) is 1. The van der Waals surface area contributed by atoms with Gasteiger partial charge in [0.05, 0.1) is 11.8 Å². The standard InChI is InChI=1S/C20H22N4/c1-12-3-7-15(8-4-12)19-16-10-9-14-6-5-13(2)11-17(14)18(16)23-24(19)20(21)22/h3-8,11,16,19H,9-10H2,1-2H3,(H3,21,22)/t16-,19-/m1/s1. The van der Waals surface area contributed by atoms with Gasteiger partial charge in [-0.15, -0.1) is 0 Å². The van der Waals surface area contributed by atoms with Crippen molar-refractivity contribution < 1.29 is 0 Å². The van der Waals surface area contributed by atoms with Crippen LogP contribution in [0.25, 0.3) is 0 Å². The van der Waals surface area contributed by atoms with Crippen LogP contribution in [0, 0.1) is 25.2 Å². The van der Waals surface area contributed by atoms with Crippen LogP contribution in [-0.2, 0) is 6.42 Å². The van der Waals surface area contributed by atoms with Crippen LogP contribution in [0.4, 0.5) is 0 Å². The molecule has 24 heavy (non-hydrogen) atoms. The van der Waals surface area contributed by atoms with E-state index in [9.17, 15) is 0 Å². The second kappa shape index (κ2) is 5.48. The molecule has 0 saturated heterocycles. The quantitative estimate of drug-likeness (QED) is 0.624. The van der Waals surface area contributed by atoms with Gasteiger partial charge in [0.1, 0.15) is 0 Å². The Morgan fingerprint density at radius 2 is 1.83 bits per heavy atom. The minimum atomic E-state index is 0.0108. The van der Waals surface area contributed by atoms with Crippen LogP contribution in [0.3, 0.4) is 0 Å². The van der Waals surface area contributed by atoms with Crippen molar-refractivity contribution in [3.63, 3.8) is 0 Å². The summed E-state index contributed by atoms with van der Waals surface area (Å²) in [7, 11) is 0. The summed E-state index contributed by atoms with van der Waals surface area (Å²) >= 11 is 0. The molecule has 2 aliphatic rings. The van der Waals surface area contributed by atoms with Crippen molar-refractivity contribution in [1.29, 1.82) is 5.41 Å². The highest BCUT2D eigenvalue weighted by atomic mass is 15.5. The van der Waals surface area contributed by atoms with Crippen molar-refractivity contribution in [3.8, 4) is 0 Å². The Balaban J connectivity index is 1.81. The topological polar surface area (TPSA) is 65.5 Å². The first-order valence-electron chi connectivity index (χ1n) is 8.43. The predicted molar refractivity (Wildman–Crippen MR) is 97.2 cm³/mol. The van der Waals surface area contributed by atoms with Crippen molar-refractivity contribution >= 4 is 11.7 Å². The summed E-state index contributed by atoms with van der Waals surface area (Å²) in [6.45, 7) is 4.20. The number of hydrogen-bond acceptors (Lipinski definition) is 2. The second-order valence-corrected chi connectivity index (χ2v) is 6.88. The first kappa shape index (κ1) is 14.9. The molecule has 0 spiro atoms. The average Bonchev–Trinajstić information content (AvgIpc) is 2.96. The fourth-order valence-corrected chi connectivity index (χ4v) is 3.92. The number of hydrazone groups is 1. The average molecular weight is 318 g/mol. The van der Waals surface area contributed by atoms with Crippen LogP contribution in [0.5, 0.6) is 0 Å². The van der Waals surface area contributed by atoms with Gasteiger partial charge in [0, 0.05) is 11.5 Å². The zero-order chi connectivity index (χ0) is 16.8. The number of nitrogens with two attached hydrogens (primary N) is 1. The van der Waals surface area contributed by atoms with E-state index in [4.69, 9.17) is 16.2 Å². The third-order valence-electron chi connectivity index (χ3n) is 5.14. The molecule has 1 aliphatic carbocycles. The van der Waals surface area contributed by atoms with Crippen LogP contribution in [0.1, 0.15) is 40.3 Å². The zero-order valence-electron chi connectivity index (χ0n) is 14.1. The highest BCUT2D eigenvalue weighted by molar-refractivity contribution is 6.06. The van der Waals surface area contributed by atoms with E-state index in [1.54, 1.807) is 5.01 Å². The van der Waals surface area contributed by atoms with E-state index in [-0.39, 0.29) is 17.9 Å². The summed E-state index contributed by atoms with van der Waals surface area (Å²) in [5.74, 6) is 0.294. The lowest BCUT2D eigenvalue weighted by atomic mass is 9.77. The molecule has 0 fully saturated rings. The third kappa shape index (κ3) is 2.30. The van der Waals surface area contributed by atoms with E-state index in [1.807, 2.05) is 0 Å². The van der Waals surface area contributed by atoms with E-state index in [2.05, 4.69) is 56.3 Å². The van der Waals surface area contributed by atoms with Crippen molar-refractivity contribution in [2.45, 2.75) is 32.7 Å². The Bertz CT molecular complexity index is 835. The molecule has 0 radical (unpaired) electrons. The lowest BCUT2D eigenvalue weighted by Crippen LogP contribution is -2.35. The van der Waals surface area contributed by atoms with Crippen LogP contribution in [-0.4, -0.2) is 16.7 Å². The van der Waals surface area contributed by atoms with Crippen molar-refractivity contribution in [1.82, 2.24) is 5.01 Å². The van der Waals surface area contributed by atoms with Crippen LogP contribution in [0.2, 0.25) is 0 Å². The lowest BCUT2D eigenvalue weighted by Gasteiger charge is -2.29. The minimum absolute atomic E-state index is 0.0108. The molecule has 1 heterocycles. The molecule has 2 aromatic carbocycles. The number of guanidine groups is 1. The molecule has 0 amide bonds. The van der Waals surface area contributed by atoms with E-state index in [1.165, 1.54) is 27.8 Å². The number of fused-ring (bicyclic) bond motifs is 3. The molecule has 2 atom stereocenters. The monoisotopic (exact) mass is 318 g/mol. The number of aryl methyl sites for hydroxylation is 3. The first-order valence-corrected chi connectivity index (χ1v) is 8.43. The first-order chi connectivity index (χ1) is 11.5. The summed E-state index contributed by atoms with van der Waals surface area (Å²) in [6, 6.07) is 15.1. The maximum atomic E-state index is 7.99. The summed E-state index contributed by atoms with van der Waals surface area (Å²) < 4.78 is 0. The van der Waals surface area contributed by atoms with Gasteiger partial charge in [-0.25, -0.2) is 5.01 Å². The van der Waals surface area contributed by atoms with Gasteiger partial charge in [0.2, 0.25) is 5.96 Å². The molecule has 0 unspecified atom stereocenters. The Morgan fingerprint density at radius 3 is 2.54 bits per heavy atom. The zero-order valence-corrected chi connectivity index (χ0v) is 14.1. The molecular formula is C20H22N4. The fraction of sp³-hybridized carbons (Fsp3) is 0.300. The molecule has 4 rings (SSSR count). The highest BCUT2D eigenvalue weighted by Gasteiger charge is 2.42. The summed E-state index contributed by atoms with van der Waals surface area (Å²) in [5, 5.41) is 14.5. The van der Waals surface area contributed by atoms with Gasteiger partial charge < -0.3 is 5.73 Å². The minimum Gasteiger partial charge on any atom is -0.369 e. The number of rotatable bonds is 1. The predicted octanol–water partition coefficient (Wildman–Crippen LogP) is 3.52. The Kier molecular flexibility index (Phi) is 3.41. The van der Waals surface area contributed by atoms with Crippen LogP contribution >= 0.6 is 0 Å². The highest BCUT2D eigenvalue weighted by Crippen LogP contribution is 2.43. The fourth-order valence-electron chi connectivity index (χ4n) is 3.92. The molecule has 4 nitrogen and oxygen atoms in total. The largest absolute Gasteiger partial charge is 0.369 e. The lowest BCUT2D eigenvalue weighted by molar-refractivity contribution is 0.302. The van der Waals surface area contributed by atoms with Gasteiger partial charge in [0.25, 0.3) is 0 Å². The SMILES string of the molecule is Cc1ccc([C@@H]2[C@@H]3CCc4ccc(C)cc4C3=NN2C(=N)N)cc1. The van der Waals surface area contributed by atoms with E-state index in [0.717, 1.165) is 18.6 Å². The van der Waals surface area contributed by atoms with Gasteiger partial charge in [-0.2, -0.15) is 5.10 Å².